The van der Waals surface area contributed by atoms with Crippen LogP contribution < -0.4 is 9.47 Å². The van der Waals surface area contributed by atoms with Crippen LogP contribution >= 0.6 is 11.3 Å². The lowest BCUT2D eigenvalue weighted by Gasteiger charge is -2.48. The highest BCUT2D eigenvalue weighted by Crippen LogP contribution is 2.67. The number of aliphatic hydroxyl groups is 2. The molecule has 0 saturated heterocycles. The van der Waals surface area contributed by atoms with Gasteiger partial charge in [0.05, 0.1) is 31.8 Å². The maximum Gasteiger partial charge on any atom is 0.421 e. The minimum absolute atomic E-state index is 0.00130. The number of ether oxygens (including phenoxy) is 2. The molecule has 4 atom stereocenters. The number of hydrogen-bond donors (Lipinski definition) is 2. The van der Waals surface area contributed by atoms with E-state index in [1.54, 1.807) is 19.1 Å². The van der Waals surface area contributed by atoms with Gasteiger partial charge in [0.1, 0.15) is 28.6 Å². The van der Waals surface area contributed by atoms with Gasteiger partial charge in [0.25, 0.3) is 10.9 Å². The number of hydrogen-bond acceptors (Lipinski definition) is 11. The standard InChI is InChI=1S/C52H49F6N3O8S/c1-7-26-10-13-30(68-45-36(52(56,57)58)21-28(25-59-45)51(53,54)55)23-32(26)40-42(63)35-17-20-50(44(40)65,48(35,4)5)18-8-9-27-11-14-31(69-46-60-37-15-12-29(61(66)67)22-38(37)70-46)24-33(27)39-41(62)34-16-19-49(6,43(39)64)47(34,2)3/h10-15,21-25,34-35,64-65H,7-9,16-20H2,1-6H3/t34-,35-,49+,50?/m0/s1. The highest BCUT2D eigenvalue weighted by Gasteiger charge is 2.64. The van der Waals surface area contributed by atoms with Crippen LogP contribution in [0.25, 0.3) is 21.4 Å². The lowest BCUT2D eigenvalue weighted by Crippen LogP contribution is -2.45. The quantitative estimate of drug-likeness (QED) is 0.0699. The van der Waals surface area contributed by atoms with E-state index in [-0.39, 0.29) is 74.6 Å². The Morgan fingerprint density at radius 1 is 0.786 bits per heavy atom. The number of pyridine rings is 1. The van der Waals surface area contributed by atoms with Gasteiger partial charge < -0.3 is 19.7 Å². The van der Waals surface area contributed by atoms with Gasteiger partial charge in [-0.15, -0.1) is 0 Å². The number of nitrogens with zero attached hydrogens (tertiary/aromatic N) is 3. The molecule has 1 unspecified atom stereocenters. The minimum atomic E-state index is -5.26. The van der Waals surface area contributed by atoms with Crippen molar-refractivity contribution in [3.05, 3.63) is 122 Å². The van der Waals surface area contributed by atoms with Gasteiger partial charge in [-0.25, -0.2) is 9.97 Å². The number of halogens is 6. The molecular formula is C52H49F6N3O8S. The Balaban J connectivity index is 1.07. The Morgan fingerprint density at radius 2 is 1.40 bits per heavy atom. The number of aromatic nitrogens is 2. The molecule has 2 N–H and O–H groups in total. The number of carbonyl (C=O) groups excluding carboxylic acids is 2. The number of ketones is 2. The van der Waals surface area contributed by atoms with Gasteiger partial charge in [-0.3, -0.25) is 19.7 Å². The maximum absolute atomic E-state index is 14.5. The average molecular weight is 990 g/mol. The highest BCUT2D eigenvalue weighted by molar-refractivity contribution is 7.20. The molecule has 5 aromatic rings. The van der Waals surface area contributed by atoms with Crippen LogP contribution in [0.2, 0.25) is 0 Å². The Bertz CT molecular complexity index is 3100. The van der Waals surface area contributed by atoms with Crippen LogP contribution in [-0.2, 0) is 34.8 Å². The molecule has 2 fully saturated rings. The van der Waals surface area contributed by atoms with Crippen molar-refractivity contribution >= 4 is 50.0 Å². The van der Waals surface area contributed by atoms with Gasteiger partial charge in [-0.1, -0.05) is 65.0 Å². The average Bonchev–Trinajstić information content (AvgIpc) is 3.84. The molecule has 18 heteroatoms. The van der Waals surface area contributed by atoms with E-state index in [9.17, 15) is 56.3 Å². The Morgan fingerprint density at radius 3 is 2.04 bits per heavy atom. The van der Waals surface area contributed by atoms with Crippen LogP contribution in [-0.4, -0.2) is 36.7 Å². The first kappa shape index (κ1) is 48.7. The van der Waals surface area contributed by atoms with Crippen LogP contribution in [0.3, 0.4) is 0 Å². The number of aliphatic hydroxyl groups excluding tert-OH is 2. The van der Waals surface area contributed by atoms with Gasteiger partial charge in [-0.05, 0) is 121 Å². The van der Waals surface area contributed by atoms with Gasteiger partial charge in [0.15, 0.2) is 11.6 Å². The van der Waals surface area contributed by atoms with Crippen molar-refractivity contribution < 1.29 is 60.5 Å². The summed E-state index contributed by atoms with van der Waals surface area (Å²) in [7, 11) is 0. The lowest BCUT2D eigenvalue weighted by molar-refractivity contribution is -0.384. The van der Waals surface area contributed by atoms with Gasteiger partial charge in [0, 0.05) is 41.0 Å². The number of Topliss-reactive ketones (excluding diaryl/α,β-unsaturated/α-hetero) is 2. The highest BCUT2D eigenvalue weighted by atomic mass is 32.1. The first-order chi connectivity index (χ1) is 32.7. The number of nitro benzene ring substituents is 1. The zero-order valence-corrected chi connectivity index (χ0v) is 39.8. The Hall–Kier alpha value is -6.30. The van der Waals surface area contributed by atoms with Crippen LogP contribution in [0.1, 0.15) is 113 Å². The number of benzene rings is 3. The summed E-state index contributed by atoms with van der Waals surface area (Å²) in [6.07, 6.45) is -6.54. The predicted molar refractivity (Wildman–Crippen MR) is 249 cm³/mol. The number of rotatable bonds is 12. The number of thiazole rings is 1. The van der Waals surface area contributed by atoms with Crippen LogP contribution in [0.15, 0.2) is 78.4 Å². The third-order valence-electron chi connectivity index (χ3n) is 16.4. The first-order valence-electron chi connectivity index (χ1n) is 23.0. The molecule has 70 heavy (non-hydrogen) atoms. The molecule has 0 amide bonds. The Kier molecular flexibility index (Phi) is 11.6. The van der Waals surface area contributed by atoms with E-state index in [0.29, 0.717) is 78.5 Å². The van der Waals surface area contributed by atoms with Crippen molar-refractivity contribution in [3.63, 3.8) is 0 Å². The zero-order valence-electron chi connectivity index (χ0n) is 39.0. The van der Waals surface area contributed by atoms with Crippen molar-refractivity contribution in [2.24, 2.45) is 33.5 Å². The summed E-state index contributed by atoms with van der Waals surface area (Å²) in [4.78, 5) is 47.9. The molecular weight excluding hydrogens is 941 g/mol. The molecule has 368 valence electrons. The number of non-ortho nitro benzene ring substituents is 1. The van der Waals surface area contributed by atoms with Crippen molar-refractivity contribution in [3.8, 4) is 22.6 Å². The van der Waals surface area contributed by atoms with Crippen LogP contribution in [0.4, 0.5) is 32.0 Å². The molecule has 4 aliphatic rings. The van der Waals surface area contributed by atoms with Gasteiger partial charge in [0.2, 0.25) is 5.88 Å². The van der Waals surface area contributed by atoms with E-state index in [1.165, 1.54) is 36.4 Å². The van der Waals surface area contributed by atoms with E-state index < -0.39 is 61.9 Å². The van der Waals surface area contributed by atoms with Gasteiger partial charge >= 0.3 is 12.4 Å². The van der Waals surface area contributed by atoms with Crippen LogP contribution in [0.5, 0.6) is 22.6 Å². The molecule has 4 aliphatic carbocycles. The van der Waals surface area contributed by atoms with E-state index >= 15 is 0 Å². The second-order valence-corrected chi connectivity index (χ2v) is 21.2. The third-order valence-corrected chi connectivity index (χ3v) is 17.3. The third kappa shape index (κ3) is 7.62. The lowest BCUT2D eigenvalue weighted by atomic mass is 9.56. The summed E-state index contributed by atoms with van der Waals surface area (Å²) < 4.78 is 94.9. The zero-order chi connectivity index (χ0) is 50.7. The second-order valence-electron chi connectivity index (χ2n) is 20.2. The fourth-order valence-electron chi connectivity index (χ4n) is 11.8. The molecule has 0 radical (unpaired) electrons. The molecule has 2 aromatic heterocycles. The number of aryl methyl sites for hydroxylation is 2. The van der Waals surface area contributed by atoms with Crippen molar-refractivity contribution in [1.82, 2.24) is 9.97 Å². The monoisotopic (exact) mass is 989 g/mol. The summed E-state index contributed by atoms with van der Waals surface area (Å²) >= 11 is 1.12. The van der Waals surface area contributed by atoms with E-state index in [0.717, 1.165) is 16.9 Å². The number of alkyl halides is 6. The molecule has 3 aromatic carbocycles. The largest absolute Gasteiger partial charge is 0.511 e. The number of allylic oxidation sites excluding steroid dienone is 4. The van der Waals surface area contributed by atoms with Gasteiger partial charge in [-0.2, -0.15) is 26.3 Å². The summed E-state index contributed by atoms with van der Waals surface area (Å²) in [5.74, 6) is -2.65. The van der Waals surface area contributed by atoms with Crippen molar-refractivity contribution in [2.45, 2.75) is 105 Å². The molecule has 0 spiro atoms. The van der Waals surface area contributed by atoms with E-state index in [4.69, 9.17) is 9.47 Å². The number of carbonyl (C=O) groups is 2. The fourth-order valence-corrected chi connectivity index (χ4v) is 12.7. The van der Waals surface area contributed by atoms with Crippen molar-refractivity contribution in [2.75, 3.05) is 0 Å². The van der Waals surface area contributed by atoms with Crippen LogP contribution in [0, 0.1) is 43.6 Å². The maximum atomic E-state index is 14.5. The topological polar surface area (TPSA) is 162 Å². The molecule has 4 bridgehead atoms. The predicted octanol–water partition coefficient (Wildman–Crippen LogP) is 14.4. The summed E-state index contributed by atoms with van der Waals surface area (Å²) in [5, 5.41) is 36.4. The smallest absolute Gasteiger partial charge is 0.421 e. The normalized spacial score (nSPS) is 23.9. The number of nitro groups is 1. The minimum Gasteiger partial charge on any atom is -0.511 e. The van der Waals surface area contributed by atoms with Crippen molar-refractivity contribution in [1.29, 1.82) is 0 Å². The fraction of sp³-hybridized carbons (Fsp3) is 0.423. The molecule has 9 rings (SSSR count). The number of fused-ring (bicyclic) bond motifs is 5. The van der Waals surface area contributed by atoms with E-state index in [2.05, 4.69) is 9.97 Å². The second kappa shape index (κ2) is 16.7. The summed E-state index contributed by atoms with van der Waals surface area (Å²) in [6, 6.07) is 13.7. The summed E-state index contributed by atoms with van der Waals surface area (Å²) in [5.41, 5.74) is -3.68. The Labute approximate surface area is 402 Å². The molecule has 2 heterocycles. The molecule has 2 saturated carbocycles. The SMILES string of the molecule is CCc1ccc(Oc2ncc(C(F)(F)F)cc2C(F)(F)F)cc1C1=C(O)C2(CCCc3ccc(Oc4nc5ccc([N+](=O)[O-])cc5s4)cc3C3=C(O)[C@@]4(C)CC[C@@H](C3=O)C4(C)C)CC[C@@H](C1=O)C2(C)C. The molecule has 11 nitrogen and oxygen atoms in total. The molecule has 0 aliphatic heterocycles. The summed E-state index contributed by atoms with van der Waals surface area (Å²) in [6.45, 7) is 11.6. The van der Waals surface area contributed by atoms with E-state index in [1.807, 2.05) is 40.7 Å². The first-order valence-corrected chi connectivity index (χ1v) is 23.8.